The second-order valence-electron chi connectivity index (χ2n) is 4.00. The van der Waals surface area contributed by atoms with E-state index in [2.05, 4.69) is 4.98 Å². The summed E-state index contributed by atoms with van der Waals surface area (Å²) in [6, 6.07) is 0.538. The van der Waals surface area contributed by atoms with Crippen molar-refractivity contribution in [1.82, 2.24) is 4.98 Å². The number of rotatable bonds is 1. The summed E-state index contributed by atoms with van der Waals surface area (Å²) in [7, 11) is 0. The topological polar surface area (TPSA) is 12.9 Å². The normalized spacial score (nSPS) is 11.9. The van der Waals surface area contributed by atoms with Crippen LogP contribution in [0, 0.1) is 5.95 Å². The van der Waals surface area contributed by atoms with Gasteiger partial charge < -0.3 is 0 Å². The number of benzene rings is 1. The summed E-state index contributed by atoms with van der Waals surface area (Å²) in [6.07, 6.45) is -4.49. The van der Waals surface area contributed by atoms with Crippen molar-refractivity contribution in [3.8, 4) is 11.1 Å². The summed E-state index contributed by atoms with van der Waals surface area (Å²) < 4.78 is 52.5. The van der Waals surface area contributed by atoms with Crippen LogP contribution in [0.2, 0.25) is 25.1 Å². The number of alkyl halides is 3. The van der Waals surface area contributed by atoms with Crippen LogP contribution < -0.4 is 0 Å². The van der Waals surface area contributed by atoms with E-state index in [1.54, 1.807) is 0 Å². The molecule has 1 aromatic heterocycles. The van der Waals surface area contributed by atoms with Gasteiger partial charge in [-0.15, -0.1) is 0 Å². The molecule has 2 aromatic rings. The van der Waals surface area contributed by atoms with Gasteiger partial charge in [-0.2, -0.15) is 17.6 Å². The first-order valence-electron chi connectivity index (χ1n) is 5.30. The number of hydrogen-bond donors (Lipinski definition) is 0. The molecule has 0 spiro atoms. The summed E-state index contributed by atoms with van der Waals surface area (Å²) in [5.74, 6) is -1.16. The Bertz CT molecular complexity index is 731. The lowest BCUT2D eigenvalue weighted by atomic mass is 10.0. The maximum atomic E-state index is 13.3. The molecule has 0 aliphatic rings. The first-order valence-corrected chi connectivity index (χ1v) is 7.19. The molecule has 2 rings (SSSR count). The summed E-state index contributed by atoms with van der Waals surface area (Å²) in [6.45, 7) is 0. The Morgan fingerprint density at radius 3 is 1.73 bits per heavy atom. The van der Waals surface area contributed by atoms with Gasteiger partial charge in [-0.05, 0) is 0 Å². The largest absolute Gasteiger partial charge is 0.418 e. The van der Waals surface area contributed by atoms with Crippen LogP contribution in [0.15, 0.2) is 12.3 Å². The zero-order valence-corrected chi connectivity index (χ0v) is 13.8. The Kier molecular flexibility index (Phi) is 5.05. The van der Waals surface area contributed by atoms with Crippen LogP contribution >= 0.6 is 58.0 Å². The average Bonchev–Trinajstić information content (AvgIpc) is 2.42. The molecule has 10 heteroatoms. The molecule has 1 aromatic carbocycles. The molecule has 0 unspecified atom stereocenters. The first kappa shape index (κ1) is 17.9. The van der Waals surface area contributed by atoms with Gasteiger partial charge in [-0.1, -0.05) is 58.0 Å². The fraction of sp³-hybridized carbons (Fsp3) is 0.0833. The number of aromatic nitrogens is 1. The van der Waals surface area contributed by atoms with Crippen LogP contribution in [-0.2, 0) is 6.18 Å². The van der Waals surface area contributed by atoms with Gasteiger partial charge in [-0.25, -0.2) is 4.98 Å². The Labute approximate surface area is 146 Å². The predicted octanol–water partition coefficient (Wildman–Crippen LogP) is 7.17. The van der Waals surface area contributed by atoms with Crippen LogP contribution in [0.3, 0.4) is 0 Å². The van der Waals surface area contributed by atoms with Crippen molar-refractivity contribution in [3.05, 3.63) is 48.9 Å². The minimum Gasteiger partial charge on any atom is -0.228 e. The van der Waals surface area contributed by atoms with Gasteiger partial charge in [-0.3, -0.25) is 0 Å². The maximum Gasteiger partial charge on any atom is 0.418 e. The van der Waals surface area contributed by atoms with E-state index in [9.17, 15) is 17.6 Å². The smallest absolute Gasteiger partial charge is 0.228 e. The van der Waals surface area contributed by atoms with Crippen molar-refractivity contribution < 1.29 is 17.6 Å². The molecule has 0 amide bonds. The number of pyridine rings is 1. The van der Waals surface area contributed by atoms with Gasteiger partial charge in [0, 0.05) is 23.4 Å². The average molecular weight is 413 g/mol. The van der Waals surface area contributed by atoms with E-state index in [4.69, 9.17) is 58.0 Å². The fourth-order valence-electron chi connectivity index (χ4n) is 1.70. The molecule has 0 saturated heterocycles. The summed E-state index contributed by atoms with van der Waals surface area (Å²) >= 11 is 29.2. The highest BCUT2D eigenvalue weighted by Gasteiger charge is 2.36. The zero-order chi connectivity index (χ0) is 16.8. The highest BCUT2D eigenvalue weighted by molar-refractivity contribution is 6.56. The molecule has 0 saturated carbocycles. The Morgan fingerprint density at radius 2 is 1.27 bits per heavy atom. The van der Waals surface area contributed by atoms with Gasteiger partial charge in [0.05, 0.1) is 30.7 Å². The maximum absolute atomic E-state index is 13.3. The molecule has 0 aliphatic carbocycles. The molecule has 0 fully saturated rings. The third kappa shape index (κ3) is 3.10. The van der Waals surface area contributed by atoms with Crippen molar-refractivity contribution in [1.29, 1.82) is 0 Å². The summed E-state index contributed by atoms with van der Waals surface area (Å²) in [5.41, 5.74) is -2.26. The number of nitrogens with zero attached hydrogens (tertiary/aromatic N) is 1. The SMILES string of the molecule is Fc1cc(-c2c(Cl)c(Cl)c(Cl)c(Cl)c2Cl)c(C(F)(F)F)cn1. The molecule has 1 heterocycles. The van der Waals surface area contributed by atoms with Crippen LogP contribution in [-0.4, -0.2) is 4.98 Å². The zero-order valence-electron chi connectivity index (χ0n) is 10.0. The van der Waals surface area contributed by atoms with Crippen molar-refractivity contribution in [2.75, 3.05) is 0 Å². The van der Waals surface area contributed by atoms with E-state index in [1.165, 1.54) is 0 Å². The van der Waals surface area contributed by atoms with E-state index in [0.717, 1.165) is 0 Å². The van der Waals surface area contributed by atoms with Crippen molar-refractivity contribution in [3.63, 3.8) is 0 Å². The van der Waals surface area contributed by atoms with Crippen LogP contribution in [0.4, 0.5) is 17.6 Å². The third-order valence-electron chi connectivity index (χ3n) is 2.66. The van der Waals surface area contributed by atoms with Gasteiger partial charge >= 0.3 is 6.18 Å². The van der Waals surface area contributed by atoms with E-state index < -0.39 is 23.3 Å². The summed E-state index contributed by atoms with van der Waals surface area (Å²) in [4.78, 5) is 2.99. The van der Waals surface area contributed by atoms with Gasteiger partial charge in [0.25, 0.3) is 0 Å². The molecule has 118 valence electrons. The van der Waals surface area contributed by atoms with Crippen LogP contribution in [0.25, 0.3) is 11.1 Å². The van der Waals surface area contributed by atoms with Crippen molar-refractivity contribution >= 4 is 58.0 Å². The molecule has 0 aliphatic heterocycles. The highest BCUT2D eigenvalue weighted by atomic mass is 35.5. The molecule has 0 atom stereocenters. The van der Waals surface area contributed by atoms with Crippen molar-refractivity contribution in [2.24, 2.45) is 0 Å². The van der Waals surface area contributed by atoms with Gasteiger partial charge in [0.15, 0.2) is 0 Å². The lowest BCUT2D eigenvalue weighted by molar-refractivity contribution is -0.137. The minimum atomic E-state index is -4.82. The Hall–Kier alpha value is -0.460. The molecule has 0 bridgehead atoms. The van der Waals surface area contributed by atoms with Crippen LogP contribution in [0.5, 0.6) is 0 Å². The van der Waals surface area contributed by atoms with E-state index in [0.29, 0.717) is 12.3 Å². The van der Waals surface area contributed by atoms with E-state index in [1.807, 2.05) is 0 Å². The van der Waals surface area contributed by atoms with Gasteiger partial charge in [0.1, 0.15) is 0 Å². The number of hydrogen-bond acceptors (Lipinski definition) is 1. The second kappa shape index (κ2) is 6.21. The third-order valence-corrected chi connectivity index (χ3v) is 4.93. The van der Waals surface area contributed by atoms with Crippen LogP contribution in [0.1, 0.15) is 5.56 Å². The Morgan fingerprint density at radius 1 is 0.818 bits per heavy atom. The van der Waals surface area contributed by atoms with E-state index >= 15 is 0 Å². The lowest BCUT2D eigenvalue weighted by Crippen LogP contribution is -2.09. The Balaban J connectivity index is 2.92. The second-order valence-corrected chi connectivity index (χ2v) is 5.89. The quantitative estimate of drug-likeness (QED) is 0.209. The first-order chi connectivity index (χ1) is 10.1. The monoisotopic (exact) mass is 411 g/mol. The van der Waals surface area contributed by atoms with Crippen molar-refractivity contribution in [2.45, 2.75) is 6.18 Å². The molecular formula is C12H2Cl5F4N. The lowest BCUT2D eigenvalue weighted by Gasteiger charge is -2.17. The number of halogens is 9. The van der Waals surface area contributed by atoms with Gasteiger partial charge in [0.2, 0.25) is 5.95 Å². The highest BCUT2D eigenvalue weighted by Crippen LogP contribution is 2.50. The minimum absolute atomic E-state index is 0.217. The molecular weight excluding hydrogens is 411 g/mol. The predicted molar refractivity (Wildman–Crippen MR) is 79.7 cm³/mol. The molecule has 0 radical (unpaired) electrons. The standard InChI is InChI=1S/C12H2Cl5F4N/c13-7-6(8(14)10(16)11(17)9(7)15)3-1-5(18)22-2-4(3)12(19,20)21/h1-2H. The molecule has 1 nitrogen and oxygen atoms in total. The summed E-state index contributed by atoms with van der Waals surface area (Å²) in [5, 5.41) is -1.56. The fourth-order valence-corrected chi connectivity index (χ4v) is 3.05. The molecule has 0 N–H and O–H groups in total. The van der Waals surface area contributed by atoms with E-state index in [-0.39, 0.29) is 30.7 Å². The molecule has 22 heavy (non-hydrogen) atoms.